The van der Waals surface area contributed by atoms with Crippen LogP contribution in [0.3, 0.4) is 0 Å². The first-order valence-electron chi connectivity index (χ1n) is 6.43. The molecule has 4 nitrogen and oxygen atoms in total. The fourth-order valence-electron chi connectivity index (χ4n) is 2.04. The van der Waals surface area contributed by atoms with Gasteiger partial charge in [0.15, 0.2) is 0 Å². The molecule has 0 amide bonds. The van der Waals surface area contributed by atoms with Gasteiger partial charge in [-0.2, -0.15) is 0 Å². The fraction of sp³-hybridized carbons (Fsp3) is 0.400. The third-order valence-corrected chi connectivity index (χ3v) is 3.14. The van der Waals surface area contributed by atoms with Gasteiger partial charge in [0.25, 0.3) is 0 Å². The molecule has 1 atom stereocenters. The smallest absolute Gasteiger partial charge is 0.218 e. The summed E-state index contributed by atoms with van der Waals surface area (Å²) in [6.45, 7) is 4.69. The molecule has 0 aliphatic heterocycles. The number of aromatic nitrogens is 2. The molecule has 4 heteroatoms. The van der Waals surface area contributed by atoms with E-state index in [0.29, 0.717) is 12.4 Å². The third-order valence-electron chi connectivity index (χ3n) is 3.14. The highest BCUT2D eigenvalue weighted by Gasteiger charge is 2.13. The zero-order valence-electron chi connectivity index (χ0n) is 11.6. The first kappa shape index (κ1) is 13.6. The van der Waals surface area contributed by atoms with Crippen molar-refractivity contribution in [2.24, 2.45) is 5.92 Å². The van der Waals surface area contributed by atoms with Gasteiger partial charge in [-0.15, -0.1) is 0 Å². The van der Waals surface area contributed by atoms with Gasteiger partial charge in [-0.1, -0.05) is 19.9 Å². The molecule has 2 heterocycles. The monoisotopic (exact) mass is 260 g/mol. The van der Waals surface area contributed by atoms with Gasteiger partial charge in [-0.3, -0.25) is 0 Å². The van der Waals surface area contributed by atoms with Crippen LogP contribution in [0.5, 0.6) is 5.88 Å². The fourth-order valence-corrected chi connectivity index (χ4v) is 2.04. The molecule has 1 unspecified atom stereocenters. The lowest BCUT2D eigenvalue weighted by atomic mass is 10.0. The minimum Gasteiger partial charge on any atom is -0.481 e. The lowest BCUT2D eigenvalue weighted by molar-refractivity contribution is 0.127. The number of methoxy groups -OCH3 is 1. The second kappa shape index (κ2) is 5.89. The molecule has 0 aliphatic carbocycles. The Morgan fingerprint density at radius 3 is 2.84 bits per heavy atom. The van der Waals surface area contributed by atoms with Gasteiger partial charge in [0.05, 0.1) is 19.8 Å². The normalized spacial score (nSPS) is 12.7. The topological polar surface area (TPSA) is 47.3 Å². The van der Waals surface area contributed by atoms with E-state index in [1.165, 1.54) is 0 Å². The summed E-state index contributed by atoms with van der Waals surface area (Å²) in [6.07, 6.45) is 5.23. The second-order valence-electron chi connectivity index (χ2n) is 4.98. The second-order valence-corrected chi connectivity index (χ2v) is 4.98. The molecular formula is C15H20N2O2. The van der Waals surface area contributed by atoms with Gasteiger partial charge in [-0.25, -0.2) is 4.98 Å². The first-order chi connectivity index (χ1) is 9.11. The Balaban J connectivity index is 2.16. The van der Waals surface area contributed by atoms with Gasteiger partial charge < -0.3 is 14.4 Å². The Labute approximate surface area is 113 Å². The van der Waals surface area contributed by atoms with E-state index >= 15 is 0 Å². The quantitative estimate of drug-likeness (QED) is 0.899. The molecule has 0 bridgehead atoms. The molecule has 102 valence electrons. The summed E-state index contributed by atoms with van der Waals surface area (Å²) in [5.74, 6) is 0.853. The van der Waals surface area contributed by atoms with Gasteiger partial charge in [-0.05, 0) is 23.6 Å². The highest BCUT2D eigenvalue weighted by Crippen LogP contribution is 2.22. The average molecular weight is 260 g/mol. The number of hydrogen-bond donors (Lipinski definition) is 1. The van der Waals surface area contributed by atoms with Crippen LogP contribution in [-0.2, 0) is 6.54 Å². The molecule has 0 aromatic carbocycles. The van der Waals surface area contributed by atoms with E-state index in [1.54, 1.807) is 13.3 Å². The summed E-state index contributed by atoms with van der Waals surface area (Å²) in [7, 11) is 1.62. The van der Waals surface area contributed by atoms with Crippen LogP contribution in [0.4, 0.5) is 0 Å². The predicted octanol–water partition coefficient (Wildman–Crippen LogP) is 2.63. The number of nitrogens with zero attached hydrogens (tertiary/aromatic N) is 2. The van der Waals surface area contributed by atoms with Gasteiger partial charge in [0.2, 0.25) is 5.88 Å². The molecule has 1 N–H and O–H groups in total. The number of aliphatic hydroxyl groups is 1. The predicted molar refractivity (Wildman–Crippen MR) is 74.1 cm³/mol. The first-order valence-corrected chi connectivity index (χ1v) is 6.43. The maximum atomic E-state index is 10.0. The van der Waals surface area contributed by atoms with Crippen LogP contribution in [0.15, 0.2) is 36.8 Å². The Morgan fingerprint density at radius 2 is 2.16 bits per heavy atom. The highest BCUT2D eigenvalue weighted by atomic mass is 16.5. The molecule has 0 radical (unpaired) electrons. The molecule has 0 aliphatic rings. The van der Waals surface area contributed by atoms with Crippen LogP contribution in [-0.4, -0.2) is 21.8 Å². The van der Waals surface area contributed by atoms with Crippen LogP contribution in [0.2, 0.25) is 0 Å². The summed E-state index contributed by atoms with van der Waals surface area (Å²) in [6, 6.07) is 5.84. The van der Waals surface area contributed by atoms with Crippen LogP contribution >= 0.6 is 0 Å². The van der Waals surface area contributed by atoms with Gasteiger partial charge >= 0.3 is 0 Å². The summed E-state index contributed by atoms with van der Waals surface area (Å²) in [5, 5.41) is 10.0. The third kappa shape index (κ3) is 3.15. The van der Waals surface area contributed by atoms with Gasteiger partial charge in [0, 0.05) is 24.2 Å². The molecule has 2 rings (SSSR count). The van der Waals surface area contributed by atoms with Crippen LogP contribution in [0, 0.1) is 5.92 Å². The van der Waals surface area contributed by atoms with Crippen molar-refractivity contribution >= 4 is 0 Å². The number of aliphatic hydroxyl groups excluding tert-OH is 1. The summed E-state index contributed by atoms with van der Waals surface area (Å²) in [4.78, 5) is 4.18. The zero-order valence-corrected chi connectivity index (χ0v) is 11.6. The van der Waals surface area contributed by atoms with E-state index in [9.17, 15) is 5.11 Å². The number of rotatable bonds is 5. The maximum Gasteiger partial charge on any atom is 0.218 e. The van der Waals surface area contributed by atoms with Crippen molar-refractivity contribution in [3.8, 4) is 5.88 Å². The summed E-state index contributed by atoms with van der Waals surface area (Å²) >= 11 is 0. The van der Waals surface area contributed by atoms with Crippen molar-refractivity contribution in [3.63, 3.8) is 0 Å². The van der Waals surface area contributed by atoms with Crippen molar-refractivity contribution in [2.45, 2.75) is 26.5 Å². The Hall–Kier alpha value is -1.81. The minimum atomic E-state index is -0.419. The van der Waals surface area contributed by atoms with E-state index in [2.05, 4.69) is 4.98 Å². The highest BCUT2D eigenvalue weighted by molar-refractivity contribution is 5.26. The maximum absolute atomic E-state index is 10.0. The molecule has 2 aromatic heterocycles. The number of hydrogen-bond acceptors (Lipinski definition) is 3. The van der Waals surface area contributed by atoms with Crippen molar-refractivity contribution in [2.75, 3.05) is 7.11 Å². The van der Waals surface area contributed by atoms with Crippen molar-refractivity contribution in [3.05, 3.63) is 47.9 Å². The Bertz CT molecular complexity index is 534. The van der Waals surface area contributed by atoms with Crippen LogP contribution in [0.1, 0.15) is 31.1 Å². The summed E-state index contributed by atoms with van der Waals surface area (Å²) < 4.78 is 7.26. The lowest BCUT2D eigenvalue weighted by Gasteiger charge is -2.12. The van der Waals surface area contributed by atoms with Crippen LogP contribution in [0.25, 0.3) is 0 Å². The van der Waals surface area contributed by atoms with Gasteiger partial charge in [0.1, 0.15) is 0 Å². The van der Waals surface area contributed by atoms with E-state index in [-0.39, 0.29) is 5.92 Å². The van der Waals surface area contributed by atoms with Crippen LogP contribution < -0.4 is 4.74 Å². The van der Waals surface area contributed by atoms with Crippen molar-refractivity contribution in [1.29, 1.82) is 0 Å². The zero-order chi connectivity index (χ0) is 13.8. The molecule has 0 saturated carbocycles. The molecule has 19 heavy (non-hydrogen) atoms. The van der Waals surface area contributed by atoms with Crippen molar-refractivity contribution < 1.29 is 9.84 Å². The van der Waals surface area contributed by atoms with E-state index in [4.69, 9.17) is 4.74 Å². The SMILES string of the molecule is COc1ncccc1Cn1ccc(C(O)C(C)C)c1. The number of pyridine rings is 1. The van der Waals surface area contributed by atoms with E-state index in [1.807, 2.05) is 49.0 Å². The Morgan fingerprint density at radius 1 is 1.37 bits per heavy atom. The minimum absolute atomic E-state index is 0.212. The van der Waals surface area contributed by atoms with E-state index in [0.717, 1.165) is 11.1 Å². The standard InChI is InChI=1S/C15H20N2O2/c1-11(2)14(18)12-6-8-17(9-12)10-13-5-4-7-16-15(13)19-3/h4-9,11,14,18H,10H2,1-3H3. The molecule has 0 fully saturated rings. The largest absolute Gasteiger partial charge is 0.481 e. The Kier molecular flexibility index (Phi) is 4.22. The average Bonchev–Trinajstić information content (AvgIpc) is 2.87. The lowest BCUT2D eigenvalue weighted by Crippen LogP contribution is -2.05. The molecule has 2 aromatic rings. The van der Waals surface area contributed by atoms with Crippen molar-refractivity contribution in [1.82, 2.24) is 9.55 Å². The molecule has 0 spiro atoms. The number of ether oxygens (including phenoxy) is 1. The van der Waals surface area contributed by atoms with E-state index < -0.39 is 6.10 Å². The summed E-state index contributed by atoms with van der Waals surface area (Å²) in [5.41, 5.74) is 1.96. The molecule has 0 saturated heterocycles. The molecular weight excluding hydrogens is 240 g/mol.